The highest BCUT2D eigenvalue weighted by Crippen LogP contribution is 2.32. The molecule has 3 nitrogen and oxygen atoms in total. The van der Waals surface area contributed by atoms with Gasteiger partial charge in [-0.05, 0) is 29.4 Å². The lowest BCUT2D eigenvalue weighted by molar-refractivity contribution is 0.420. The van der Waals surface area contributed by atoms with Crippen molar-refractivity contribution in [1.82, 2.24) is 0 Å². The monoisotopic (exact) mass is 317 g/mol. The number of anilines is 1. The summed E-state index contributed by atoms with van der Waals surface area (Å²) in [5.41, 5.74) is 0.791. The summed E-state index contributed by atoms with van der Waals surface area (Å²) in [6.45, 7) is 0. The van der Waals surface area contributed by atoms with E-state index < -0.39 is 9.71 Å². The molecular formula is C16H15NO2S2. The van der Waals surface area contributed by atoms with Crippen molar-refractivity contribution in [1.29, 1.82) is 0 Å². The zero-order valence-electron chi connectivity index (χ0n) is 11.5. The largest absolute Gasteiger partial charge is 0.496 e. The van der Waals surface area contributed by atoms with E-state index in [2.05, 4.69) is 10.6 Å². The van der Waals surface area contributed by atoms with Gasteiger partial charge in [0.15, 0.2) is 0 Å². The molecule has 0 radical (unpaired) electrons. The van der Waals surface area contributed by atoms with Crippen LogP contribution in [0.5, 0.6) is 5.75 Å². The number of benzene rings is 2. The van der Waals surface area contributed by atoms with Crippen LogP contribution in [-0.2, 0) is 9.71 Å². The maximum Gasteiger partial charge on any atom is 0.126 e. The molecule has 1 aromatic heterocycles. The van der Waals surface area contributed by atoms with Crippen molar-refractivity contribution in [3.05, 3.63) is 53.9 Å². The van der Waals surface area contributed by atoms with Crippen molar-refractivity contribution in [2.24, 2.45) is 0 Å². The molecule has 0 saturated carbocycles. The lowest BCUT2D eigenvalue weighted by Gasteiger charge is -2.15. The molecule has 0 aliphatic carbocycles. The second kappa shape index (κ2) is 5.42. The van der Waals surface area contributed by atoms with Crippen LogP contribution in [0.2, 0.25) is 0 Å². The average Bonchev–Trinajstić information content (AvgIpc) is 3.02. The number of methoxy groups -OCH3 is 1. The van der Waals surface area contributed by atoms with Gasteiger partial charge in [-0.2, -0.15) is 0 Å². The van der Waals surface area contributed by atoms with E-state index in [1.807, 2.05) is 53.9 Å². The van der Waals surface area contributed by atoms with Gasteiger partial charge in [-0.25, -0.2) is 4.21 Å². The number of fused-ring (bicyclic) bond motifs is 1. The minimum Gasteiger partial charge on any atom is -0.496 e. The molecule has 1 N–H and O–H groups in total. The SMILES string of the molecule is C=S(=O)(Nc1ccc(OC)c2ccccc12)c1cccs1. The third kappa shape index (κ3) is 2.62. The van der Waals surface area contributed by atoms with Crippen molar-refractivity contribution in [2.45, 2.75) is 4.21 Å². The zero-order chi connectivity index (χ0) is 14.9. The quantitative estimate of drug-likeness (QED) is 0.738. The van der Waals surface area contributed by atoms with Crippen LogP contribution in [-0.4, -0.2) is 17.2 Å². The van der Waals surface area contributed by atoms with E-state index in [1.165, 1.54) is 11.3 Å². The van der Waals surface area contributed by atoms with Crippen LogP contribution in [0.1, 0.15) is 0 Å². The first kappa shape index (κ1) is 14.0. The normalized spacial score (nSPS) is 13.8. The van der Waals surface area contributed by atoms with Crippen LogP contribution in [0.3, 0.4) is 0 Å². The molecule has 3 rings (SSSR count). The van der Waals surface area contributed by atoms with Gasteiger partial charge >= 0.3 is 0 Å². The van der Waals surface area contributed by atoms with Crippen molar-refractivity contribution >= 4 is 43.4 Å². The fourth-order valence-corrected chi connectivity index (χ4v) is 4.51. The third-order valence-electron chi connectivity index (χ3n) is 3.20. The van der Waals surface area contributed by atoms with Crippen LogP contribution in [0.4, 0.5) is 5.69 Å². The van der Waals surface area contributed by atoms with Gasteiger partial charge in [0.05, 0.1) is 22.5 Å². The Labute approximate surface area is 128 Å². The Morgan fingerprint density at radius 3 is 2.52 bits per heavy atom. The first-order chi connectivity index (χ1) is 10.1. The second-order valence-corrected chi connectivity index (χ2v) is 7.77. The van der Waals surface area contributed by atoms with Gasteiger partial charge in [0.2, 0.25) is 0 Å². The average molecular weight is 317 g/mol. The van der Waals surface area contributed by atoms with Crippen LogP contribution >= 0.6 is 11.3 Å². The minimum atomic E-state index is -2.55. The van der Waals surface area contributed by atoms with Gasteiger partial charge in [0.1, 0.15) is 9.96 Å². The summed E-state index contributed by atoms with van der Waals surface area (Å²) in [6, 6.07) is 15.3. The van der Waals surface area contributed by atoms with E-state index in [4.69, 9.17) is 4.74 Å². The Hall–Kier alpha value is -1.98. The van der Waals surface area contributed by atoms with E-state index in [0.29, 0.717) is 0 Å². The number of hydrogen-bond donors (Lipinski definition) is 1. The van der Waals surface area contributed by atoms with E-state index in [-0.39, 0.29) is 0 Å². The molecular weight excluding hydrogens is 302 g/mol. The molecule has 1 unspecified atom stereocenters. The summed E-state index contributed by atoms with van der Waals surface area (Å²) in [4.78, 5) is 0. The van der Waals surface area contributed by atoms with Gasteiger partial charge in [0, 0.05) is 10.8 Å². The second-order valence-electron chi connectivity index (χ2n) is 4.57. The lowest BCUT2D eigenvalue weighted by atomic mass is 10.1. The molecule has 2 aromatic carbocycles. The highest BCUT2D eigenvalue weighted by molar-refractivity contribution is 8.03. The molecule has 3 aromatic rings. The molecule has 108 valence electrons. The van der Waals surface area contributed by atoms with Gasteiger partial charge in [-0.15, -0.1) is 11.3 Å². The highest BCUT2D eigenvalue weighted by atomic mass is 32.2. The van der Waals surface area contributed by atoms with Crippen molar-refractivity contribution in [3.8, 4) is 5.75 Å². The summed E-state index contributed by atoms with van der Waals surface area (Å²) in [5.74, 6) is 4.65. The maximum absolute atomic E-state index is 12.8. The first-order valence-electron chi connectivity index (χ1n) is 6.36. The van der Waals surface area contributed by atoms with Crippen molar-refractivity contribution in [2.75, 3.05) is 11.8 Å². The van der Waals surface area contributed by atoms with Crippen LogP contribution < -0.4 is 9.46 Å². The summed E-state index contributed by atoms with van der Waals surface area (Å²) >= 11 is 1.44. The van der Waals surface area contributed by atoms with E-state index >= 15 is 0 Å². The molecule has 1 atom stereocenters. The Morgan fingerprint density at radius 1 is 1.10 bits per heavy atom. The molecule has 0 amide bonds. The van der Waals surface area contributed by atoms with Gasteiger partial charge in [-0.1, -0.05) is 30.3 Å². The number of hydrogen-bond acceptors (Lipinski definition) is 3. The predicted molar refractivity (Wildman–Crippen MR) is 92.0 cm³/mol. The molecule has 0 saturated heterocycles. The summed E-state index contributed by atoms with van der Waals surface area (Å²) < 4.78 is 22.0. The maximum atomic E-state index is 12.8. The summed E-state index contributed by atoms with van der Waals surface area (Å²) in [6.07, 6.45) is 0. The van der Waals surface area contributed by atoms with Crippen LogP contribution in [0, 0.1) is 0 Å². The molecule has 0 aliphatic rings. The number of thiophene rings is 1. The number of ether oxygens (including phenoxy) is 1. The molecule has 21 heavy (non-hydrogen) atoms. The molecule has 5 heteroatoms. The smallest absolute Gasteiger partial charge is 0.126 e. The van der Waals surface area contributed by atoms with Gasteiger partial charge < -0.3 is 9.46 Å². The van der Waals surface area contributed by atoms with Crippen molar-refractivity contribution in [3.63, 3.8) is 0 Å². The minimum absolute atomic E-state index is 0.738. The van der Waals surface area contributed by atoms with E-state index in [0.717, 1.165) is 26.4 Å². The molecule has 0 aliphatic heterocycles. The Morgan fingerprint density at radius 2 is 1.86 bits per heavy atom. The molecule has 1 heterocycles. The Bertz CT molecular complexity index is 868. The van der Waals surface area contributed by atoms with Gasteiger partial charge in [0.25, 0.3) is 0 Å². The van der Waals surface area contributed by atoms with E-state index in [9.17, 15) is 4.21 Å². The van der Waals surface area contributed by atoms with E-state index in [1.54, 1.807) is 7.11 Å². The number of nitrogens with one attached hydrogen (secondary N) is 1. The van der Waals surface area contributed by atoms with Gasteiger partial charge in [-0.3, -0.25) is 0 Å². The zero-order valence-corrected chi connectivity index (χ0v) is 13.2. The fourth-order valence-electron chi connectivity index (χ4n) is 2.22. The lowest BCUT2D eigenvalue weighted by Crippen LogP contribution is -2.11. The molecule has 0 spiro atoms. The van der Waals surface area contributed by atoms with Crippen molar-refractivity contribution < 1.29 is 8.95 Å². The third-order valence-corrected chi connectivity index (χ3v) is 6.29. The Kier molecular flexibility index (Phi) is 3.61. The number of rotatable bonds is 4. The summed E-state index contributed by atoms with van der Waals surface area (Å²) in [7, 11) is -0.909. The first-order valence-corrected chi connectivity index (χ1v) is 8.97. The summed E-state index contributed by atoms with van der Waals surface area (Å²) in [5, 5.41) is 3.84. The van der Waals surface area contributed by atoms with Crippen LogP contribution in [0.15, 0.2) is 58.1 Å². The van der Waals surface area contributed by atoms with Crippen LogP contribution in [0.25, 0.3) is 10.8 Å². The predicted octanol–water partition coefficient (Wildman–Crippen LogP) is 4.01. The topological polar surface area (TPSA) is 38.3 Å². The standard InChI is InChI=1S/C16H15NO2S2/c1-19-15-10-9-14(12-6-3-4-7-13(12)15)17-21(2,18)16-8-5-11-20-16/h3-11H,2H2,1H3,(H,17,18). The molecule has 0 fully saturated rings. The fraction of sp³-hybridized carbons (Fsp3) is 0.0625. The highest BCUT2D eigenvalue weighted by Gasteiger charge is 2.12. The Balaban J connectivity index is 2.10. The molecule has 0 bridgehead atoms.